The summed E-state index contributed by atoms with van der Waals surface area (Å²) >= 11 is 0. The van der Waals surface area contributed by atoms with Crippen molar-refractivity contribution < 1.29 is 28.6 Å². The number of ether oxygens (including phenoxy) is 3. The van der Waals surface area contributed by atoms with Gasteiger partial charge in [0.25, 0.3) is 0 Å². The fourth-order valence-electron chi connectivity index (χ4n) is 5.12. The zero-order valence-electron chi connectivity index (χ0n) is 27.0. The number of allylic oxidation sites excluding steroid dienone is 1. The molecule has 1 heterocycles. The van der Waals surface area contributed by atoms with Gasteiger partial charge in [-0.15, -0.1) is 0 Å². The Kier molecular flexibility index (Phi) is 9.42. The first-order valence-electron chi connectivity index (χ1n) is 16.0. The van der Waals surface area contributed by atoms with Gasteiger partial charge in [-0.05, 0) is 96.6 Å². The number of hydrazine groups is 1. The fraction of sp³-hybridized carbons (Fsp3) is 0. The Morgan fingerprint density at radius 2 is 0.824 bits per heavy atom. The predicted molar refractivity (Wildman–Crippen MR) is 194 cm³/mol. The Balaban J connectivity index is 1.14. The van der Waals surface area contributed by atoms with E-state index in [-0.39, 0.29) is 0 Å². The minimum atomic E-state index is -0.485. The number of carbonyl (C=O) groups excluding carboxylic acids is 3. The number of para-hydroxylation sites is 3. The molecule has 6 aromatic rings. The number of hydrogen-bond acceptors (Lipinski definition) is 9. The molecule has 7 rings (SSSR count). The summed E-state index contributed by atoms with van der Waals surface area (Å²) in [5.41, 5.74) is 7.89. The average molecular weight is 672 g/mol. The zero-order valence-corrected chi connectivity index (χ0v) is 27.0. The van der Waals surface area contributed by atoms with Gasteiger partial charge < -0.3 is 14.2 Å². The van der Waals surface area contributed by atoms with Crippen molar-refractivity contribution in [3.05, 3.63) is 198 Å². The van der Waals surface area contributed by atoms with Gasteiger partial charge in [-0.1, -0.05) is 78.9 Å². The number of hydrazone groups is 1. The van der Waals surface area contributed by atoms with Crippen LogP contribution in [-0.2, 0) is 0 Å². The minimum absolute atomic E-state index is 0.371. The van der Waals surface area contributed by atoms with Crippen LogP contribution in [0, 0.1) is 0 Å². The highest BCUT2D eigenvalue weighted by molar-refractivity contribution is 6.13. The van der Waals surface area contributed by atoms with Gasteiger partial charge in [0.1, 0.15) is 17.2 Å². The first kappa shape index (κ1) is 32.3. The van der Waals surface area contributed by atoms with Crippen LogP contribution in [0.25, 0.3) is 5.70 Å². The van der Waals surface area contributed by atoms with Crippen molar-refractivity contribution in [2.24, 2.45) is 5.10 Å². The van der Waals surface area contributed by atoms with Crippen LogP contribution >= 0.6 is 0 Å². The lowest BCUT2D eigenvalue weighted by atomic mass is 10.0. The molecule has 0 fully saturated rings. The summed E-state index contributed by atoms with van der Waals surface area (Å²) in [5, 5.41) is 6.42. The van der Waals surface area contributed by atoms with Gasteiger partial charge in [0.15, 0.2) is 0 Å². The van der Waals surface area contributed by atoms with E-state index in [1.54, 1.807) is 139 Å². The molecular formula is C42H29N3O6. The molecule has 9 nitrogen and oxygen atoms in total. The quantitative estimate of drug-likeness (QED) is 0.121. The molecule has 1 N–H and O–H groups in total. The van der Waals surface area contributed by atoms with Crippen molar-refractivity contribution in [2.75, 3.05) is 5.12 Å². The fourth-order valence-corrected chi connectivity index (χ4v) is 5.12. The summed E-state index contributed by atoms with van der Waals surface area (Å²) in [6.07, 6.45) is 1.87. The summed E-state index contributed by atoms with van der Waals surface area (Å²) in [4.78, 5) is 38.3. The number of nitrogens with zero attached hydrogens (tertiary/aromatic N) is 2. The van der Waals surface area contributed by atoms with Crippen LogP contribution in [0.5, 0.6) is 17.2 Å². The molecule has 6 aromatic carbocycles. The Morgan fingerprint density at radius 1 is 0.451 bits per heavy atom. The van der Waals surface area contributed by atoms with Crippen LogP contribution in [-0.4, -0.2) is 23.6 Å². The lowest BCUT2D eigenvalue weighted by Crippen LogP contribution is -2.36. The standard InChI is InChI=1S/C42H29N3O6/c46-40(49-35-10-4-1-5-11-35)31-20-16-29(17-21-31)38-28-39(30-18-22-32(23-19-30)41(47)50-36-12-6-2-7-13-36)44-45(43-38)34-26-24-33(25-27-34)42(48)51-37-14-8-3-9-15-37/h1-28,43H. The number of rotatable bonds is 9. The maximum absolute atomic E-state index is 12.8. The maximum Gasteiger partial charge on any atom is 0.343 e. The van der Waals surface area contributed by atoms with Gasteiger partial charge >= 0.3 is 17.9 Å². The zero-order chi connectivity index (χ0) is 35.0. The minimum Gasteiger partial charge on any atom is -0.423 e. The first-order chi connectivity index (χ1) is 25.0. The van der Waals surface area contributed by atoms with Gasteiger partial charge in [0, 0.05) is 5.56 Å². The smallest absolute Gasteiger partial charge is 0.343 e. The summed E-state index contributed by atoms with van der Waals surface area (Å²) in [6, 6.07) is 47.4. The van der Waals surface area contributed by atoms with Crippen LogP contribution in [0.15, 0.2) is 175 Å². The monoisotopic (exact) mass is 671 g/mol. The third-order valence-corrected chi connectivity index (χ3v) is 7.77. The summed E-state index contributed by atoms with van der Waals surface area (Å²) in [5.74, 6) is -0.0730. The van der Waals surface area contributed by atoms with Gasteiger partial charge in [-0.3, -0.25) is 5.43 Å². The molecule has 0 aromatic heterocycles. The van der Waals surface area contributed by atoms with E-state index in [1.807, 2.05) is 36.4 Å². The summed E-state index contributed by atoms with van der Waals surface area (Å²) < 4.78 is 16.5. The van der Waals surface area contributed by atoms with Gasteiger partial charge in [0.2, 0.25) is 0 Å². The van der Waals surface area contributed by atoms with E-state index in [0.29, 0.717) is 51.0 Å². The summed E-state index contributed by atoms with van der Waals surface area (Å²) in [6.45, 7) is 0. The number of hydrogen-bond donors (Lipinski definition) is 1. The van der Waals surface area contributed by atoms with Crippen molar-refractivity contribution in [3.8, 4) is 17.2 Å². The third kappa shape index (κ3) is 7.90. The molecule has 0 aliphatic carbocycles. The highest BCUT2D eigenvalue weighted by Gasteiger charge is 2.20. The molecule has 1 aliphatic rings. The van der Waals surface area contributed by atoms with Gasteiger partial charge in [-0.25, -0.2) is 14.4 Å². The van der Waals surface area contributed by atoms with Crippen molar-refractivity contribution in [2.45, 2.75) is 0 Å². The SMILES string of the molecule is O=C(Oc1ccccc1)c1ccc(C2=CC(c3ccc(C(=O)Oc4ccccc4)cc3)=NN(c3ccc(C(=O)Oc4ccccc4)cc3)N2)cc1. The normalized spacial score (nSPS) is 12.1. The number of esters is 3. The first-order valence-corrected chi connectivity index (χ1v) is 16.0. The second-order valence-electron chi connectivity index (χ2n) is 11.3. The van der Waals surface area contributed by atoms with Crippen LogP contribution in [0.2, 0.25) is 0 Å². The van der Waals surface area contributed by atoms with Crippen LogP contribution in [0.4, 0.5) is 5.69 Å². The number of carbonyl (C=O) groups is 3. The van der Waals surface area contributed by atoms with Crippen LogP contribution in [0.1, 0.15) is 42.2 Å². The lowest BCUT2D eigenvalue weighted by molar-refractivity contribution is 0.0725. The molecule has 0 spiro atoms. The van der Waals surface area contributed by atoms with Gasteiger partial charge in [-0.2, -0.15) is 10.2 Å². The van der Waals surface area contributed by atoms with E-state index < -0.39 is 17.9 Å². The molecule has 51 heavy (non-hydrogen) atoms. The third-order valence-electron chi connectivity index (χ3n) is 7.77. The molecule has 248 valence electrons. The molecule has 0 saturated heterocycles. The Hall–Kier alpha value is -7.26. The van der Waals surface area contributed by atoms with Crippen molar-refractivity contribution >= 4 is 35.0 Å². The molecule has 0 bridgehead atoms. The van der Waals surface area contributed by atoms with E-state index >= 15 is 0 Å². The Morgan fingerprint density at radius 3 is 1.24 bits per heavy atom. The predicted octanol–water partition coefficient (Wildman–Crippen LogP) is 8.11. The second kappa shape index (κ2) is 14.9. The van der Waals surface area contributed by atoms with E-state index in [2.05, 4.69) is 5.43 Å². The molecule has 9 heteroatoms. The van der Waals surface area contributed by atoms with E-state index in [0.717, 1.165) is 11.1 Å². The molecule has 0 radical (unpaired) electrons. The highest BCUT2D eigenvalue weighted by atomic mass is 16.5. The average Bonchev–Trinajstić information content (AvgIpc) is 3.19. The Labute approximate surface area is 293 Å². The Bertz CT molecular complexity index is 2220. The number of anilines is 1. The maximum atomic E-state index is 12.8. The van der Waals surface area contributed by atoms with Crippen molar-refractivity contribution in [3.63, 3.8) is 0 Å². The molecule has 1 aliphatic heterocycles. The van der Waals surface area contributed by atoms with Crippen LogP contribution in [0.3, 0.4) is 0 Å². The summed E-state index contributed by atoms with van der Waals surface area (Å²) in [7, 11) is 0. The molecular weight excluding hydrogens is 642 g/mol. The number of benzene rings is 6. The topological polar surface area (TPSA) is 107 Å². The van der Waals surface area contributed by atoms with E-state index in [1.165, 1.54) is 0 Å². The van der Waals surface area contributed by atoms with Crippen LogP contribution < -0.4 is 24.8 Å². The lowest BCUT2D eigenvalue weighted by Gasteiger charge is -2.28. The molecule has 0 atom stereocenters. The van der Waals surface area contributed by atoms with Gasteiger partial charge in [0.05, 0.1) is 33.8 Å². The van der Waals surface area contributed by atoms with E-state index in [9.17, 15) is 14.4 Å². The van der Waals surface area contributed by atoms with Crippen molar-refractivity contribution in [1.82, 2.24) is 5.43 Å². The van der Waals surface area contributed by atoms with E-state index in [4.69, 9.17) is 19.3 Å². The molecule has 0 amide bonds. The highest BCUT2D eigenvalue weighted by Crippen LogP contribution is 2.25. The molecule has 0 saturated carbocycles. The van der Waals surface area contributed by atoms with Crippen molar-refractivity contribution in [1.29, 1.82) is 0 Å². The molecule has 0 unspecified atom stereocenters. The number of nitrogens with one attached hydrogen (secondary N) is 1. The largest absolute Gasteiger partial charge is 0.423 e. The second-order valence-corrected chi connectivity index (χ2v) is 11.3.